The van der Waals surface area contributed by atoms with E-state index in [-0.39, 0.29) is 47.2 Å². The maximum atomic E-state index is 12.5. The maximum Gasteiger partial charge on any atom is 0.335 e. The molecule has 4 rings (SSSR count). The Labute approximate surface area is 126 Å². The topological polar surface area (TPSA) is 92.7 Å². The highest BCUT2D eigenvalue weighted by Crippen LogP contribution is 2.57. The summed E-state index contributed by atoms with van der Waals surface area (Å²) in [6.07, 6.45) is 1.68. The minimum atomic E-state index is -1.01. The lowest BCUT2D eigenvalue weighted by atomic mass is 9.79. The van der Waals surface area contributed by atoms with E-state index in [1.165, 1.54) is 12.1 Å². The molecule has 5 atom stereocenters. The standard InChI is InChI=1S/C16H15NO5/c18-14(17-9-3-1-7(2-4-9)15(19)20)12-8-5-10-11(6-8)22-16(21)13(10)12/h1-4,8,10-13H,5-6H2,(H,17,18)(H,19,20)/t8-,10-,11-,12-,13+/m1/s1. The van der Waals surface area contributed by atoms with Crippen LogP contribution in [0.1, 0.15) is 23.2 Å². The fraction of sp³-hybridized carbons (Fsp3) is 0.438. The first-order valence-corrected chi connectivity index (χ1v) is 7.39. The van der Waals surface area contributed by atoms with Gasteiger partial charge in [-0.2, -0.15) is 0 Å². The monoisotopic (exact) mass is 301 g/mol. The fourth-order valence-corrected chi connectivity index (χ4v) is 4.28. The average molecular weight is 301 g/mol. The van der Waals surface area contributed by atoms with Crippen molar-refractivity contribution >= 4 is 23.5 Å². The summed E-state index contributed by atoms with van der Waals surface area (Å²) in [5, 5.41) is 11.7. The van der Waals surface area contributed by atoms with Crippen molar-refractivity contribution in [3.63, 3.8) is 0 Å². The Morgan fingerprint density at radius 1 is 1.18 bits per heavy atom. The minimum Gasteiger partial charge on any atom is -0.478 e. The molecule has 0 aromatic heterocycles. The van der Waals surface area contributed by atoms with E-state index in [1.807, 2.05) is 0 Å². The third kappa shape index (κ3) is 1.83. The summed E-state index contributed by atoms with van der Waals surface area (Å²) in [5.74, 6) is -1.63. The predicted octanol–water partition coefficient (Wildman–Crippen LogP) is 1.52. The lowest BCUT2D eigenvalue weighted by Crippen LogP contribution is -2.35. The molecule has 1 aromatic carbocycles. The molecule has 0 radical (unpaired) electrons. The summed E-state index contributed by atoms with van der Waals surface area (Å²) >= 11 is 0. The zero-order valence-corrected chi connectivity index (χ0v) is 11.7. The molecule has 2 saturated carbocycles. The van der Waals surface area contributed by atoms with Crippen LogP contribution in [-0.2, 0) is 14.3 Å². The number of hydrogen-bond donors (Lipinski definition) is 2. The highest BCUT2D eigenvalue weighted by atomic mass is 16.6. The summed E-state index contributed by atoms with van der Waals surface area (Å²) in [6.45, 7) is 0. The fourth-order valence-electron chi connectivity index (χ4n) is 4.28. The van der Waals surface area contributed by atoms with Crippen LogP contribution in [0.3, 0.4) is 0 Å². The second-order valence-corrected chi connectivity index (χ2v) is 6.29. The van der Waals surface area contributed by atoms with Crippen molar-refractivity contribution in [1.29, 1.82) is 0 Å². The van der Waals surface area contributed by atoms with Gasteiger partial charge in [-0.05, 0) is 43.0 Å². The number of carbonyl (C=O) groups excluding carboxylic acids is 2. The van der Waals surface area contributed by atoms with Gasteiger partial charge in [-0.15, -0.1) is 0 Å². The molecular weight excluding hydrogens is 286 g/mol. The molecule has 1 heterocycles. The lowest BCUT2D eigenvalue weighted by Gasteiger charge is -2.23. The second-order valence-electron chi connectivity index (χ2n) is 6.29. The number of aromatic carboxylic acids is 1. The molecule has 6 heteroatoms. The zero-order chi connectivity index (χ0) is 15.4. The van der Waals surface area contributed by atoms with Crippen molar-refractivity contribution in [2.75, 3.05) is 5.32 Å². The van der Waals surface area contributed by atoms with Crippen LogP contribution in [0.25, 0.3) is 0 Å². The smallest absolute Gasteiger partial charge is 0.335 e. The molecule has 2 bridgehead atoms. The van der Waals surface area contributed by atoms with Crippen molar-refractivity contribution in [2.24, 2.45) is 23.7 Å². The molecule has 1 aromatic rings. The summed E-state index contributed by atoms with van der Waals surface area (Å²) in [4.78, 5) is 35.2. The van der Waals surface area contributed by atoms with Gasteiger partial charge in [0.25, 0.3) is 0 Å². The number of hydrogen-bond acceptors (Lipinski definition) is 4. The van der Waals surface area contributed by atoms with E-state index in [1.54, 1.807) is 12.1 Å². The highest BCUT2D eigenvalue weighted by Gasteiger charge is 2.63. The molecule has 1 amide bonds. The van der Waals surface area contributed by atoms with E-state index in [0.717, 1.165) is 12.8 Å². The van der Waals surface area contributed by atoms with Crippen molar-refractivity contribution in [2.45, 2.75) is 18.9 Å². The van der Waals surface area contributed by atoms with Crippen molar-refractivity contribution in [1.82, 2.24) is 0 Å². The Balaban J connectivity index is 1.51. The van der Waals surface area contributed by atoms with Gasteiger partial charge in [0.05, 0.1) is 17.4 Å². The van der Waals surface area contributed by atoms with Gasteiger partial charge in [0.15, 0.2) is 0 Å². The van der Waals surface area contributed by atoms with Crippen LogP contribution in [0.15, 0.2) is 24.3 Å². The lowest BCUT2D eigenvalue weighted by molar-refractivity contribution is -0.145. The maximum absolute atomic E-state index is 12.5. The molecule has 0 unspecified atom stereocenters. The zero-order valence-electron chi connectivity index (χ0n) is 11.7. The molecule has 114 valence electrons. The minimum absolute atomic E-state index is 0.0152. The van der Waals surface area contributed by atoms with Gasteiger partial charge in [0.1, 0.15) is 6.10 Å². The summed E-state index contributed by atoms with van der Waals surface area (Å²) < 4.78 is 5.33. The van der Waals surface area contributed by atoms with Gasteiger partial charge in [0, 0.05) is 11.6 Å². The van der Waals surface area contributed by atoms with Crippen molar-refractivity contribution in [3.8, 4) is 0 Å². The second kappa shape index (κ2) is 4.56. The summed E-state index contributed by atoms with van der Waals surface area (Å²) in [6, 6.07) is 6.01. The van der Waals surface area contributed by atoms with Crippen LogP contribution in [0, 0.1) is 23.7 Å². The van der Waals surface area contributed by atoms with Gasteiger partial charge in [-0.1, -0.05) is 0 Å². The molecule has 1 saturated heterocycles. The molecule has 2 aliphatic carbocycles. The summed E-state index contributed by atoms with van der Waals surface area (Å²) in [7, 11) is 0. The van der Waals surface area contributed by atoms with Crippen molar-refractivity contribution in [3.05, 3.63) is 29.8 Å². The Morgan fingerprint density at radius 3 is 2.59 bits per heavy atom. The average Bonchev–Trinajstić information content (AvgIpc) is 3.09. The Morgan fingerprint density at radius 2 is 1.91 bits per heavy atom. The normalized spacial score (nSPS) is 34.5. The number of esters is 1. The molecule has 0 spiro atoms. The molecular formula is C16H15NO5. The number of fused-ring (bicyclic) bond motifs is 1. The van der Waals surface area contributed by atoms with Crippen LogP contribution in [0.4, 0.5) is 5.69 Å². The number of nitrogens with one attached hydrogen (secondary N) is 1. The number of carboxylic acid groups (broad SMARTS) is 1. The largest absolute Gasteiger partial charge is 0.478 e. The number of ether oxygens (including phenoxy) is 1. The van der Waals surface area contributed by atoms with Gasteiger partial charge >= 0.3 is 11.9 Å². The highest BCUT2D eigenvalue weighted by molar-refractivity contribution is 5.97. The van der Waals surface area contributed by atoms with E-state index in [2.05, 4.69) is 5.32 Å². The number of amides is 1. The number of carboxylic acids is 1. The number of carbonyl (C=O) groups is 3. The van der Waals surface area contributed by atoms with E-state index >= 15 is 0 Å². The van der Waals surface area contributed by atoms with E-state index in [4.69, 9.17) is 9.84 Å². The molecule has 3 aliphatic rings. The van der Waals surface area contributed by atoms with E-state index < -0.39 is 5.97 Å². The van der Waals surface area contributed by atoms with Gasteiger partial charge in [-0.25, -0.2) is 4.79 Å². The Bertz CT molecular complexity index is 666. The molecule has 22 heavy (non-hydrogen) atoms. The predicted molar refractivity (Wildman–Crippen MR) is 75.1 cm³/mol. The van der Waals surface area contributed by atoms with Gasteiger partial charge in [0.2, 0.25) is 5.91 Å². The first kappa shape index (κ1) is 13.3. The first-order chi connectivity index (χ1) is 10.5. The summed E-state index contributed by atoms with van der Waals surface area (Å²) in [5.41, 5.74) is 0.709. The van der Waals surface area contributed by atoms with Gasteiger partial charge in [-0.3, -0.25) is 9.59 Å². The van der Waals surface area contributed by atoms with Crippen LogP contribution in [-0.4, -0.2) is 29.1 Å². The quantitative estimate of drug-likeness (QED) is 0.826. The number of anilines is 1. The van der Waals surface area contributed by atoms with Crippen LogP contribution < -0.4 is 5.32 Å². The first-order valence-electron chi connectivity index (χ1n) is 7.39. The van der Waals surface area contributed by atoms with Crippen molar-refractivity contribution < 1.29 is 24.2 Å². The van der Waals surface area contributed by atoms with Gasteiger partial charge < -0.3 is 15.2 Å². The van der Waals surface area contributed by atoms with E-state index in [9.17, 15) is 14.4 Å². The number of benzene rings is 1. The molecule has 2 N–H and O–H groups in total. The third-order valence-corrected chi connectivity index (χ3v) is 5.19. The Kier molecular flexibility index (Phi) is 2.76. The molecule has 1 aliphatic heterocycles. The van der Waals surface area contributed by atoms with Crippen LogP contribution in [0.5, 0.6) is 0 Å². The Hall–Kier alpha value is -2.37. The van der Waals surface area contributed by atoms with Crippen LogP contribution >= 0.6 is 0 Å². The number of rotatable bonds is 3. The molecule has 3 fully saturated rings. The third-order valence-electron chi connectivity index (χ3n) is 5.19. The van der Waals surface area contributed by atoms with E-state index in [0.29, 0.717) is 5.69 Å². The SMILES string of the molecule is O=C(O)c1ccc(NC(=O)[C@@H]2[C@@H]3C[C@H]4[C@@H]2C(=O)O[C@@H]4C3)cc1. The van der Waals surface area contributed by atoms with Crippen LogP contribution in [0.2, 0.25) is 0 Å². The molecule has 6 nitrogen and oxygen atoms in total.